The normalized spacial score (nSPS) is 11.0. The van der Waals surface area contributed by atoms with Crippen molar-refractivity contribution in [1.82, 2.24) is 19.1 Å². The van der Waals surface area contributed by atoms with Gasteiger partial charge in [-0.2, -0.15) is 4.98 Å². The van der Waals surface area contributed by atoms with Gasteiger partial charge < -0.3 is 5.32 Å². The highest BCUT2D eigenvalue weighted by Crippen LogP contribution is 2.16. The first-order valence-corrected chi connectivity index (χ1v) is 7.95. The molecule has 2 heterocycles. The summed E-state index contributed by atoms with van der Waals surface area (Å²) in [6.07, 6.45) is 0. The lowest BCUT2D eigenvalue weighted by atomic mass is 10.1. The Hall–Kier alpha value is -3.16. The Kier molecular flexibility index (Phi) is 4.26. The predicted octanol–water partition coefficient (Wildman–Crippen LogP) is 1.05. The van der Waals surface area contributed by atoms with Gasteiger partial charge in [-0.05, 0) is 13.8 Å². The fourth-order valence-corrected chi connectivity index (χ4v) is 2.66. The first-order chi connectivity index (χ1) is 11.9. The van der Waals surface area contributed by atoms with Crippen LogP contribution in [0.5, 0.6) is 0 Å². The third-order valence-electron chi connectivity index (χ3n) is 4.02. The fraction of sp³-hybridized carbons (Fsp3) is 0.294. The predicted molar refractivity (Wildman–Crippen MR) is 95.3 cm³/mol. The smallest absolute Gasteiger partial charge is 0.329 e. The molecule has 0 aliphatic carbocycles. The molecule has 0 saturated heterocycles. The summed E-state index contributed by atoms with van der Waals surface area (Å²) in [7, 11) is 1.52. The van der Waals surface area contributed by atoms with Crippen molar-refractivity contribution in [1.29, 1.82) is 0 Å². The first kappa shape index (κ1) is 16.7. The molecule has 0 fully saturated rings. The van der Waals surface area contributed by atoms with Gasteiger partial charge in [-0.25, -0.2) is 4.79 Å². The number of nitrogens with zero attached hydrogens (tertiary/aromatic N) is 3. The van der Waals surface area contributed by atoms with Crippen LogP contribution in [-0.2, 0) is 13.6 Å². The quantitative estimate of drug-likeness (QED) is 0.675. The molecule has 0 spiro atoms. The van der Waals surface area contributed by atoms with E-state index in [0.717, 1.165) is 5.56 Å². The molecule has 0 bridgehead atoms. The zero-order chi connectivity index (χ0) is 18.1. The van der Waals surface area contributed by atoms with E-state index in [2.05, 4.69) is 15.3 Å². The average molecular weight is 341 g/mol. The van der Waals surface area contributed by atoms with E-state index >= 15 is 0 Å². The van der Waals surface area contributed by atoms with Gasteiger partial charge >= 0.3 is 5.69 Å². The van der Waals surface area contributed by atoms with E-state index in [4.69, 9.17) is 0 Å². The summed E-state index contributed by atoms with van der Waals surface area (Å²) < 4.78 is 2.77. The van der Waals surface area contributed by atoms with Crippen LogP contribution in [0.1, 0.15) is 22.8 Å². The monoisotopic (exact) mass is 341 g/mol. The molecule has 8 heteroatoms. The maximum Gasteiger partial charge on any atom is 0.329 e. The Morgan fingerprint density at radius 1 is 1.24 bits per heavy atom. The number of hydrogen-bond acceptors (Lipinski definition) is 5. The third kappa shape index (κ3) is 2.98. The highest BCUT2D eigenvalue weighted by molar-refractivity contribution is 5.97. The van der Waals surface area contributed by atoms with E-state index in [-0.39, 0.29) is 23.5 Å². The van der Waals surface area contributed by atoms with Crippen LogP contribution in [0.4, 0.5) is 5.95 Å². The summed E-state index contributed by atoms with van der Waals surface area (Å²) in [6, 6.07) is 7.23. The topological polar surface area (TPSA) is 102 Å². The number of anilines is 1. The van der Waals surface area contributed by atoms with Gasteiger partial charge in [0.05, 0.1) is 6.54 Å². The van der Waals surface area contributed by atoms with Crippen LogP contribution < -0.4 is 16.6 Å². The Balaban J connectivity index is 2.13. The first-order valence-electron chi connectivity index (χ1n) is 7.95. The molecule has 3 aromatic rings. The molecule has 8 nitrogen and oxygen atoms in total. The Bertz CT molecular complexity index is 1060. The zero-order valence-electron chi connectivity index (χ0n) is 14.3. The van der Waals surface area contributed by atoms with Crippen LogP contribution in [0.3, 0.4) is 0 Å². The van der Waals surface area contributed by atoms with E-state index in [1.807, 2.05) is 26.0 Å². The summed E-state index contributed by atoms with van der Waals surface area (Å²) in [5, 5.41) is 3.04. The molecule has 3 rings (SSSR count). The van der Waals surface area contributed by atoms with Gasteiger partial charge in [0.1, 0.15) is 0 Å². The number of H-pyrrole nitrogens is 1. The number of carbonyl (C=O) groups is 1. The van der Waals surface area contributed by atoms with E-state index in [9.17, 15) is 14.4 Å². The highest BCUT2D eigenvalue weighted by atomic mass is 16.2. The van der Waals surface area contributed by atoms with Gasteiger partial charge in [-0.15, -0.1) is 0 Å². The molecule has 0 radical (unpaired) electrons. The minimum Gasteiger partial charge on any atom is -0.356 e. The number of rotatable bonds is 5. The van der Waals surface area contributed by atoms with Crippen LogP contribution >= 0.6 is 0 Å². The van der Waals surface area contributed by atoms with Crippen molar-refractivity contribution in [3.63, 3.8) is 0 Å². The Morgan fingerprint density at radius 2 is 1.92 bits per heavy atom. The number of hydrogen-bond donors (Lipinski definition) is 2. The maximum absolute atomic E-state index is 12.6. The second kappa shape index (κ2) is 6.39. The minimum atomic E-state index is -0.563. The molecule has 0 amide bonds. The lowest BCUT2D eigenvalue weighted by Gasteiger charge is -2.09. The molecular formula is C17H19N5O3. The van der Waals surface area contributed by atoms with Crippen molar-refractivity contribution >= 4 is 22.9 Å². The highest BCUT2D eigenvalue weighted by Gasteiger charge is 2.19. The van der Waals surface area contributed by atoms with Crippen molar-refractivity contribution in [2.24, 2.45) is 7.05 Å². The molecule has 0 aliphatic heterocycles. The summed E-state index contributed by atoms with van der Waals surface area (Å²) in [6.45, 7) is 4.34. The number of carbonyl (C=O) groups excluding carboxylic acids is 1. The van der Waals surface area contributed by atoms with Crippen LogP contribution in [-0.4, -0.2) is 31.4 Å². The average Bonchev–Trinajstić information content (AvgIpc) is 2.93. The molecule has 25 heavy (non-hydrogen) atoms. The number of aromatic nitrogens is 4. The van der Waals surface area contributed by atoms with Crippen LogP contribution in [0.25, 0.3) is 11.2 Å². The van der Waals surface area contributed by atoms with Gasteiger partial charge in [-0.3, -0.25) is 23.7 Å². The van der Waals surface area contributed by atoms with Crippen molar-refractivity contribution in [2.45, 2.75) is 20.4 Å². The molecule has 130 valence electrons. The lowest BCUT2D eigenvalue weighted by molar-refractivity contribution is 0.0974. The van der Waals surface area contributed by atoms with Crippen molar-refractivity contribution in [3.05, 3.63) is 56.2 Å². The number of Topliss-reactive ketones (excluding diaryl/α,β-unsaturated/α-hetero) is 1. The number of nitrogens with one attached hydrogen (secondary N) is 2. The number of imidazole rings is 1. The van der Waals surface area contributed by atoms with E-state index in [1.54, 1.807) is 12.1 Å². The van der Waals surface area contributed by atoms with Crippen molar-refractivity contribution < 1.29 is 4.79 Å². The molecule has 0 saturated carbocycles. The Labute approximate surface area is 143 Å². The van der Waals surface area contributed by atoms with Gasteiger partial charge in [0.25, 0.3) is 5.56 Å². The fourth-order valence-electron chi connectivity index (χ4n) is 2.66. The molecule has 2 N–H and O–H groups in total. The molecule has 0 unspecified atom stereocenters. The van der Waals surface area contributed by atoms with Crippen LogP contribution in [0.15, 0.2) is 33.9 Å². The standard InChI is InChI=1S/C17H19N5O3/c1-4-18-16-19-14-13(15(24)20-17(25)21(14)3)22(16)9-12(23)11-7-5-10(2)6-8-11/h5-8H,4,9H2,1-3H3,(H,18,19)(H,20,24,25). The number of aryl methyl sites for hydroxylation is 2. The zero-order valence-corrected chi connectivity index (χ0v) is 14.3. The molecule has 0 atom stereocenters. The maximum atomic E-state index is 12.6. The summed E-state index contributed by atoms with van der Waals surface area (Å²) >= 11 is 0. The second-order valence-electron chi connectivity index (χ2n) is 5.83. The third-order valence-corrected chi connectivity index (χ3v) is 4.02. The SMILES string of the molecule is CCNc1nc2c(c(=O)[nH]c(=O)n2C)n1CC(=O)c1ccc(C)cc1. The summed E-state index contributed by atoms with van der Waals surface area (Å²) in [5.41, 5.74) is 0.932. The Morgan fingerprint density at radius 3 is 2.56 bits per heavy atom. The molecular weight excluding hydrogens is 322 g/mol. The number of fused-ring (bicyclic) bond motifs is 1. The minimum absolute atomic E-state index is 0.0524. The molecule has 2 aromatic heterocycles. The van der Waals surface area contributed by atoms with E-state index in [1.165, 1.54) is 16.2 Å². The second-order valence-corrected chi connectivity index (χ2v) is 5.83. The summed E-state index contributed by atoms with van der Waals surface area (Å²) in [4.78, 5) is 43.3. The van der Waals surface area contributed by atoms with Crippen molar-refractivity contribution in [2.75, 3.05) is 11.9 Å². The van der Waals surface area contributed by atoms with Gasteiger partial charge in [0, 0.05) is 19.2 Å². The number of aromatic amines is 1. The van der Waals surface area contributed by atoms with Gasteiger partial charge in [0.15, 0.2) is 16.9 Å². The van der Waals surface area contributed by atoms with Crippen molar-refractivity contribution in [3.8, 4) is 0 Å². The molecule has 0 aliphatic rings. The van der Waals surface area contributed by atoms with Crippen LogP contribution in [0, 0.1) is 6.92 Å². The summed E-state index contributed by atoms with van der Waals surface area (Å²) in [5.74, 6) is 0.233. The molecule has 1 aromatic carbocycles. The lowest BCUT2D eigenvalue weighted by Crippen LogP contribution is -2.29. The largest absolute Gasteiger partial charge is 0.356 e. The van der Waals surface area contributed by atoms with Crippen LogP contribution in [0.2, 0.25) is 0 Å². The van der Waals surface area contributed by atoms with E-state index < -0.39 is 11.2 Å². The van der Waals surface area contributed by atoms with Gasteiger partial charge in [-0.1, -0.05) is 29.8 Å². The van der Waals surface area contributed by atoms with E-state index in [0.29, 0.717) is 18.1 Å². The number of benzene rings is 1. The van der Waals surface area contributed by atoms with Gasteiger partial charge in [0.2, 0.25) is 5.95 Å². The number of ketones is 1.